The van der Waals surface area contributed by atoms with Crippen LogP contribution in [0, 0.1) is 0 Å². The van der Waals surface area contributed by atoms with E-state index in [1.807, 2.05) is 6.07 Å². The van der Waals surface area contributed by atoms with Crippen LogP contribution in [-0.2, 0) is 12.6 Å². The molecule has 3 aromatic rings. The number of H-pyrrole nitrogens is 1. The van der Waals surface area contributed by atoms with Gasteiger partial charge in [0.25, 0.3) is 5.91 Å². The molecule has 1 amide bonds. The van der Waals surface area contributed by atoms with Gasteiger partial charge in [-0.15, -0.1) is 0 Å². The first kappa shape index (κ1) is 21.7. The highest BCUT2D eigenvalue weighted by Gasteiger charge is 2.31. The van der Waals surface area contributed by atoms with Gasteiger partial charge in [0.2, 0.25) is 0 Å². The first-order valence-corrected chi connectivity index (χ1v) is 10.1. The summed E-state index contributed by atoms with van der Waals surface area (Å²) in [6, 6.07) is 9.98. The van der Waals surface area contributed by atoms with Crippen LogP contribution in [0.25, 0.3) is 0 Å². The van der Waals surface area contributed by atoms with Gasteiger partial charge in [0.05, 0.1) is 23.4 Å². The van der Waals surface area contributed by atoms with Crippen molar-refractivity contribution in [3.05, 3.63) is 71.2 Å². The number of pyridine rings is 1. The van der Waals surface area contributed by atoms with Gasteiger partial charge < -0.3 is 15.4 Å². The molecule has 1 atom stereocenters. The van der Waals surface area contributed by atoms with Crippen molar-refractivity contribution in [3.63, 3.8) is 0 Å². The lowest BCUT2D eigenvalue weighted by Crippen LogP contribution is -2.28. The van der Waals surface area contributed by atoms with Gasteiger partial charge in [-0.2, -0.15) is 18.3 Å². The van der Waals surface area contributed by atoms with E-state index in [0.717, 1.165) is 29.9 Å². The maximum Gasteiger partial charge on any atom is 0.416 e. The number of hydrogen-bond acceptors (Lipinski definition) is 5. The fourth-order valence-corrected chi connectivity index (χ4v) is 3.66. The Bertz CT molecular complexity index is 1080. The van der Waals surface area contributed by atoms with Gasteiger partial charge in [-0.3, -0.25) is 9.89 Å². The lowest BCUT2D eigenvalue weighted by atomic mass is 10.0. The van der Waals surface area contributed by atoms with E-state index in [4.69, 9.17) is 10.5 Å². The van der Waals surface area contributed by atoms with Crippen LogP contribution in [0.5, 0.6) is 5.75 Å². The molecule has 10 heteroatoms. The van der Waals surface area contributed by atoms with Crippen molar-refractivity contribution in [2.45, 2.75) is 24.9 Å². The average molecular weight is 445 g/mol. The number of alkyl halides is 3. The van der Waals surface area contributed by atoms with Gasteiger partial charge in [0.15, 0.2) is 0 Å². The molecule has 168 valence electrons. The summed E-state index contributed by atoms with van der Waals surface area (Å²) < 4.78 is 43.9. The predicted octanol–water partition coefficient (Wildman–Crippen LogP) is 3.66. The first-order valence-electron chi connectivity index (χ1n) is 10.1. The van der Waals surface area contributed by atoms with Gasteiger partial charge in [-0.25, -0.2) is 4.98 Å². The van der Waals surface area contributed by atoms with Crippen LogP contribution in [0.1, 0.15) is 39.6 Å². The van der Waals surface area contributed by atoms with Crippen molar-refractivity contribution in [1.29, 1.82) is 0 Å². The summed E-state index contributed by atoms with van der Waals surface area (Å²) in [5.41, 5.74) is 6.99. The Kier molecular flexibility index (Phi) is 6.02. The largest absolute Gasteiger partial charge is 0.493 e. The molecule has 2 aromatic heterocycles. The molecule has 1 fully saturated rings. The van der Waals surface area contributed by atoms with E-state index in [1.54, 1.807) is 17.0 Å². The third-order valence-electron chi connectivity index (χ3n) is 5.38. The fourth-order valence-electron chi connectivity index (χ4n) is 3.66. The molecule has 4 rings (SSSR count). The Labute approximate surface area is 182 Å². The molecule has 1 aromatic carbocycles. The zero-order valence-electron chi connectivity index (χ0n) is 17.1. The molecule has 3 N–H and O–H groups in total. The van der Waals surface area contributed by atoms with E-state index in [0.29, 0.717) is 30.9 Å². The molecular formula is C22H22F3N5O2. The summed E-state index contributed by atoms with van der Waals surface area (Å²) in [5, 5.41) is 7.30. The second-order valence-corrected chi connectivity index (χ2v) is 7.65. The third-order valence-corrected chi connectivity index (χ3v) is 5.38. The SMILES string of the molecule is Nc1ccc(C(=O)N2CC[C@H](c3cc(CCOc4cccc(C(F)(F)F)c4)[nH]n3)C2)cn1. The number of nitrogens with zero attached hydrogens (tertiary/aromatic N) is 3. The molecule has 0 bridgehead atoms. The van der Waals surface area contributed by atoms with Crippen LogP contribution >= 0.6 is 0 Å². The number of anilines is 1. The number of rotatable bonds is 6. The highest BCUT2D eigenvalue weighted by molar-refractivity contribution is 5.94. The second kappa shape index (κ2) is 8.89. The molecule has 0 saturated carbocycles. The Hall–Kier alpha value is -3.56. The number of aromatic nitrogens is 3. The minimum absolute atomic E-state index is 0.0924. The van der Waals surface area contributed by atoms with Crippen LogP contribution < -0.4 is 10.5 Å². The second-order valence-electron chi connectivity index (χ2n) is 7.65. The summed E-state index contributed by atoms with van der Waals surface area (Å²) >= 11 is 0. The van der Waals surface area contributed by atoms with E-state index in [1.165, 1.54) is 18.3 Å². The summed E-state index contributed by atoms with van der Waals surface area (Å²) in [4.78, 5) is 18.4. The maximum absolute atomic E-state index is 12.8. The van der Waals surface area contributed by atoms with Crippen molar-refractivity contribution in [2.75, 3.05) is 25.4 Å². The molecule has 0 unspecified atom stereocenters. The molecule has 7 nitrogen and oxygen atoms in total. The minimum Gasteiger partial charge on any atom is -0.493 e. The molecule has 0 radical (unpaired) electrons. The number of ether oxygens (including phenoxy) is 1. The van der Waals surface area contributed by atoms with Crippen molar-refractivity contribution in [3.8, 4) is 5.75 Å². The lowest BCUT2D eigenvalue weighted by Gasteiger charge is -2.16. The quantitative estimate of drug-likeness (QED) is 0.604. The van der Waals surface area contributed by atoms with E-state index in [9.17, 15) is 18.0 Å². The third kappa shape index (κ3) is 5.01. The smallest absolute Gasteiger partial charge is 0.416 e. The highest BCUT2D eigenvalue weighted by Crippen LogP contribution is 2.31. The number of nitrogens with one attached hydrogen (secondary N) is 1. The number of benzene rings is 1. The highest BCUT2D eigenvalue weighted by atomic mass is 19.4. The van der Waals surface area contributed by atoms with Crippen LogP contribution in [-0.4, -0.2) is 45.7 Å². The Morgan fingerprint density at radius 3 is 2.84 bits per heavy atom. The fraction of sp³-hybridized carbons (Fsp3) is 0.318. The Balaban J connectivity index is 1.30. The number of amides is 1. The molecule has 0 aliphatic carbocycles. The van der Waals surface area contributed by atoms with Crippen LogP contribution in [0.15, 0.2) is 48.7 Å². The normalized spacial score (nSPS) is 16.3. The minimum atomic E-state index is -4.40. The Morgan fingerprint density at radius 1 is 1.25 bits per heavy atom. The van der Waals surface area contributed by atoms with E-state index < -0.39 is 11.7 Å². The average Bonchev–Trinajstić information content (AvgIpc) is 3.43. The van der Waals surface area contributed by atoms with Crippen molar-refractivity contribution < 1.29 is 22.7 Å². The van der Waals surface area contributed by atoms with E-state index in [2.05, 4.69) is 15.2 Å². The van der Waals surface area contributed by atoms with Crippen LogP contribution in [0.2, 0.25) is 0 Å². The number of nitrogens with two attached hydrogens (primary N) is 1. The lowest BCUT2D eigenvalue weighted by molar-refractivity contribution is -0.137. The van der Waals surface area contributed by atoms with Gasteiger partial charge >= 0.3 is 6.18 Å². The standard InChI is InChI=1S/C22H22F3N5O2/c23-22(24,25)16-2-1-3-18(10-16)32-9-7-17-11-19(29-28-17)15-6-8-30(13-15)21(31)14-4-5-20(26)27-12-14/h1-5,10-12,15H,6-9,13H2,(H2,26,27)(H,28,29)/t15-/m0/s1. The molecule has 1 aliphatic heterocycles. The topological polar surface area (TPSA) is 97.1 Å². The molecule has 3 heterocycles. The zero-order valence-corrected chi connectivity index (χ0v) is 17.1. The molecule has 32 heavy (non-hydrogen) atoms. The Morgan fingerprint density at radius 2 is 2.09 bits per heavy atom. The first-order chi connectivity index (χ1) is 15.3. The molecular weight excluding hydrogens is 423 g/mol. The number of carbonyl (C=O) groups is 1. The van der Waals surface area contributed by atoms with Crippen molar-refractivity contribution >= 4 is 11.7 Å². The molecule has 1 aliphatic rings. The number of nitrogen functional groups attached to an aromatic ring is 1. The maximum atomic E-state index is 12.8. The zero-order chi connectivity index (χ0) is 22.7. The molecule has 1 saturated heterocycles. The number of carbonyl (C=O) groups excluding carboxylic acids is 1. The number of aromatic amines is 1. The summed E-state index contributed by atoms with van der Waals surface area (Å²) in [6.07, 6.45) is -1.67. The van der Waals surface area contributed by atoms with Gasteiger partial charge in [-0.1, -0.05) is 6.07 Å². The predicted molar refractivity (Wildman–Crippen MR) is 111 cm³/mol. The summed E-state index contributed by atoms with van der Waals surface area (Å²) in [7, 11) is 0. The van der Waals surface area contributed by atoms with E-state index in [-0.39, 0.29) is 24.2 Å². The number of likely N-dealkylation sites (tertiary alicyclic amines) is 1. The van der Waals surface area contributed by atoms with Gasteiger partial charge in [0, 0.05) is 37.3 Å². The van der Waals surface area contributed by atoms with Crippen molar-refractivity contribution in [2.24, 2.45) is 0 Å². The van der Waals surface area contributed by atoms with Crippen LogP contribution in [0.3, 0.4) is 0 Å². The van der Waals surface area contributed by atoms with Crippen LogP contribution in [0.4, 0.5) is 19.0 Å². The number of halogens is 3. The summed E-state index contributed by atoms with van der Waals surface area (Å²) in [6.45, 7) is 1.38. The van der Waals surface area contributed by atoms with Crippen molar-refractivity contribution in [1.82, 2.24) is 20.1 Å². The van der Waals surface area contributed by atoms with Gasteiger partial charge in [0.1, 0.15) is 11.6 Å². The molecule has 0 spiro atoms. The number of hydrogen-bond donors (Lipinski definition) is 2. The summed E-state index contributed by atoms with van der Waals surface area (Å²) in [5.74, 6) is 0.545. The monoisotopic (exact) mass is 445 g/mol. The van der Waals surface area contributed by atoms with E-state index >= 15 is 0 Å². The van der Waals surface area contributed by atoms with Gasteiger partial charge in [-0.05, 0) is 42.8 Å².